The van der Waals surface area contributed by atoms with Gasteiger partial charge in [-0.25, -0.2) is 9.69 Å². The number of ether oxygens (including phenoxy) is 1. The fraction of sp³-hybridized carbons (Fsp3) is 0.115. The minimum absolute atomic E-state index is 0.147. The van der Waals surface area contributed by atoms with E-state index >= 15 is 0 Å². The van der Waals surface area contributed by atoms with Gasteiger partial charge in [-0.2, -0.15) is 0 Å². The van der Waals surface area contributed by atoms with E-state index < -0.39 is 17.8 Å². The highest BCUT2D eigenvalue weighted by atomic mass is 79.9. The van der Waals surface area contributed by atoms with E-state index in [4.69, 9.17) is 4.74 Å². The first kappa shape index (κ1) is 25.3. The molecule has 35 heavy (non-hydrogen) atoms. The van der Waals surface area contributed by atoms with E-state index in [-0.39, 0.29) is 5.57 Å². The van der Waals surface area contributed by atoms with Crippen LogP contribution in [0.1, 0.15) is 22.3 Å². The van der Waals surface area contributed by atoms with Crippen LogP contribution in [0.3, 0.4) is 0 Å². The smallest absolute Gasteiger partial charge is 0.335 e. The average molecular weight is 663 g/mol. The van der Waals surface area contributed by atoms with E-state index in [0.717, 1.165) is 26.1 Å². The normalized spacial score (nSPS) is 14.9. The number of rotatable bonds is 5. The number of hydrogen-bond donors (Lipinski definition) is 1. The molecule has 3 aromatic rings. The highest BCUT2D eigenvalue weighted by Gasteiger charge is 2.37. The number of hydrogen-bond acceptors (Lipinski definition) is 4. The summed E-state index contributed by atoms with van der Waals surface area (Å²) in [7, 11) is 0. The van der Waals surface area contributed by atoms with Crippen molar-refractivity contribution in [2.45, 2.75) is 20.5 Å². The molecule has 1 aliphatic heterocycles. The fourth-order valence-corrected chi connectivity index (χ4v) is 5.39. The highest BCUT2D eigenvalue weighted by molar-refractivity contribution is 9.11. The quantitative estimate of drug-likeness (QED) is 0.240. The molecule has 1 saturated heterocycles. The van der Waals surface area contributed by atoms with Crippen LogP contribution in [-0.2, 0) is 16.2 Å². The van der Waals surface area contributed by atoms with Crippen LogP contribution in [0.4, 0.5) is 10.5 Å². The second-order valence-corrected chi connectivity index (χ2v) is 10.7. The van der Waals surface area contributed by atoms with Crippen LogP contribution in [0.15, 0.2) is 73.6 Å². The summed E-state index contributed by atoms with van der Waals surface area (Å²) in [5.41, 5.74) is 3.63. The lowest BCUT2D eigenvalue weighted by Gasteiger charge is -2.27. The molecule has 0 unspecified atom stereocenters. The molecule has 4 rings (SSSR count). The Kier molecular flexibility index (Phi) is 7.59. The SMILES string of the molecule is Cc1cc(C)cc(N2C(=O)NC(=O)/C(=C\c3cc(Br)c(OCc4ccc(Br)cc4)c(Br)c3)C2=O)c1. The van der Waals surface area contributed by atoms with Gasteiger partial charge in [0.1, 0.15) is 17.9 Å². The van der Waals surface area contributed by atoms with Crippen LogP contribution in [0.5, 0.6) is 5.75 Å². The average Bonchev–Trinajstić information content (AvgIpc) is 2.76. The molecule has 9 heteroatoms. The van der Waals surface area contributed by atoms with E-state index in [1.807, 2.05) is 44.2 Å². The Labute approximate surface area is 227 Å². The van der Waals surface area contributed by atoms with Crippen LogP contribution in [-0.4, -0.2) is 17.8 Å². The predicted octanol–water partition coefficient (Wildman–Crippen LogP) is 6.84. The third-order valence-electron chi connectivity index (χ3n) is 5.19. The van der Waals surface area contributed by atoms with Crippen molar-refractivity contribution < 1.29 is 19.1 Å². The molecular weight excluding hydrogens is 644 g/mol. The molecule has 3 aromatic carbocycles. The highest BCUT2D eigenvalue weighted by Crippen LogP contribution is 2.36. The van der Waals surface area contributed by atoms with Gasteiger partial charge in [0.05, 0.1) is 14.6 Å². The molecule has 0 aliphatic carbocycles. The van der Waals surface area contributed by atoms with E-state index in [2.05, 4.69) is 53.1 Å². The second kappa shape index (κ2) is 10.5. The molecule has 0 aromatic heterocycles. The molecule has 0 atom stereocenters. The van der Waals surface area contributed by atoms with E-state index in [9.17, 15) is 14.4 Å². The zero-order valence-electron chi connectivity index (χ0n) is 18.7. The minimum atomic E-state index is -0.777. The lowest BCUT2D eigenvalue weighted by Crippen LogP contribution is -2.54. The maximum absolute atomic E-state index is 13.2. The van der Waals surface area contributed by atoms with E-state index in [1.165, 1.54) is 6.08 Å². The van der Waals surface area contributed by atoms with Gasteiger partial charge in [-0.05, 0) is 110 Å². The molecular formula is C26H19Br3N2O4. The first-order chi connectivity index (χ1) is 16.6. The topological polar surface area (TPSA) is 75.7 Å². The van der Waals surface area contributed by atoms with Gasteiger partial charge in [0.2, 0.25) is 0 Å². The van der Waals surface area contributed by atoms with Crippen molar-refractivity contribution in [1.82, 2.24) is 5.32 Å². The molecule has 6 nitrogen and oxygen atoms in total. The second-order valence-electron chi connectivity index (χ2n) is 8.03. The van der Waals surface area contributed by atoms with Crippen molar-refractivity contribution in [1.29, 1.82) is 0 Å². The number of nitrogens with one attached hydrogen (secondary N) is 1. The van der Waals surface area contributed by atoms with Crippen molar-refractivity contribution >= 4 is 77.4 Å². The maximum atomic E-state index is 13.2. The Hall–Kier alpha value is -2.75. The Balaban J connectivity index is 1.62. The van der Waals surface area contributed by atoms with Gasteiger partial charge >= 0.3 is 6.03 Å². The predicted molar refractivity (Wildman–Crippen MR) is 145 cm³/mol. The van der Waals surface area contributed by atoms with Crippen molar-refractivity contribution in [3.63, 3.8) is 0 Å². The van der Waals surface area contributed by atoms with Crippen molar-refractivity contribution in [2.75, 3.05) is 4.90 Å². The van der Waals surface area contributed by atoms with Gasteiger partial charge in [0.15, 0.2) is 0 Å². The Morgan fingerprint density at radius 1 is 0.886 bits per heavy atom. The lowest BCUT2D eigenvalue weighted by molar-refractivity contribution is -0.122. The zero-order chi connectivity index (χ0) is 25.3. The van der Waals surface area contributed by atoms with Crippen LogP contribution in [0, 0.1) is 13.8 Å². The van der Waals surface area contributed by atoms with Crippen molar-refractivity contribution in [3.8, 4) is 5.75 Å². The van der Waals surface area contributed by atoms with Crippen molar-refractivity contribution in [2.24, 2.45) is 0 Å². The van der Waals surface area contributed by atoms with E-state index in [0.29, 0.717) is 32.6 Å². The first-order valence-electron chi connectivity index (χ1n) is 10.5. The Bertz CT molecular complexity index is 1340. The molecule has 0 bridgehead atoms. The molecule has 1 fully saturated rings. The summed E-state index contributed by atoms with van der Waals surface area (Å²) in [5.74, 6) is -0.850. The Morgan fingerprint density at radius 2 is 1.49 bits per heavy atom. The standard InChI is InChI=1S/C26H19Br3N2O4/c1-14-7-15(2)9-19(8-14)31-25(33)20(24(32)30-26(31)34)10-17-11-21(28)23(22(29)12-17)35-13-16-3-5-18(27)6-4-16/h3-12H,13H2,1-2H3,(H,30,32,34)/b20-10+. The summed E-state index contributed by atoms with van der Waals surface area (Å²) in [6.07, 6.45) is 1.45. The summed E-state index contributed by atoms with van der Waals surface area (Å²) in [6, 6.07) is 15.9. The number of carbonyl (C=O) groups excluding carboxylic acids is 3. The zero-order valence-corrected chi connectivity index (χ0v) is 23.5. The largest absolute Gasteiger partial charge is 0.487 e. The first-order valence-corrected chi connectivity index (χ1v) is 12.9. The lowest BCUT2D eigenvalue weighted by atomic mass is 10.1. The summed E-state index contributed by atoms with van der Waals surface area (Å²) in [4.78, 5) is 39.3. The third kappa shape index (κ3) is 5.74. The van der Waals surface area contributed by atoms with Gasteiger partial charge in [0, 0.05) is 4.47 Å². The fourth-order valence-electron chi connectivity index (χ4n) is 3.68. The summed E-state index contributed by atoms with van der Waals surface area (Å²) in [5, 5.41) is 2.26. The molecule has 4 amide bonds. The summed E-state index contributed by atoms with van der Waals surface area (Å²) in [6.45, 7) is 4.11. The Morgan fingerprint density at radius 3 is 2.09 bits per heavy atom. The number of anilines is 1. The number of amides is 4. The number of benzene rings is 3. The van der Waals surface area contributed by atoms with Crippen molar-refractivity contribution in [3.05, 3.63) is 95.8 Å². The molecule has 0 radical (unpaired) electrons. The number of imide groups is 2. The van der Waals surface area contributed by atoms with Gasteiger partial charge in [-0.1, -0.05) is 34.1 Å². The molecule has 0 saturated carbocycles. The minimum Gasteiger partial charge on any atom is -0.487 e. The number of carbonyl (C=O) groups is 3. The number of halogens is 3. The van der Waals surface area contributed by atoms with Crippen LogP contribution < -0.4 is 15.0 Å². The third-order valence-corrected chi connectivity index (χ3v) is 6.90. The van der Waals surface area contributed by atoms with Gasteiger partial charge in [0.25, 0.3) is 11.8 Å². The van der Waals surface area contributed by atoms with Gasteiger partial charge in [-0.3, -0.25) is 14.9 Å². The number of nitrogens with zero attached hydrogens (tertiary/aromatic N) is 1. The molecule has 1 N–H and O–H groups in total. The summed E-state index contributed by atoms with van der Waals surface area (Å²) >= 11 is 10.4. The van der Waals surface area contributed by atoms with E-state index in [1.54, 1.807) is 24.3 Å². The van der Waals surface area contributed by atoms with Gasteiger partial charge in [-0.15, -0.1) is 0 Å². The molecule has 0 spiro atoms. The van der Waals surface area contributed by atoms with Crippen LogP contribution in [0.2, 0.25) is 0 Å². The number of urea groups is 1. The maximum Gasteiger partial charge on any atom is 0.335 e. The number of barbiturate groups is 1. The molecule has 1 aliphatic rings. The molecule has 178 valence electrons. The summed E-state index contributed by atoms with van der Waals surface area (Å²) < 4.78 is 8.23. The number of aryl methyl sites for hydroxylation is 2. The van der Waals surface area contributed by atoms with Gasteiger partial charge < -0.3 is 4.74 Å². The monoisotopic (exact) mass is 660 g/mol. The van der Waals surface area contributed by atoms with Crippen LogP contribution >= 0.6 is 47.8 Å². The van der Waals surface area contributed by atoms with Crippen LogP contribution in [0.25, 0.3) is 6.08 Å². The molecule has 1 heterocycles.